The summed E-state index contributed by atoms with van der Waals surface area (Å²) in [5.41, 5.74) is 6.10. The van der Waals surface area contributed by atoms with E-state index in [1.54, 1.807) is 25.3 Å². The Morgan fingerprint density at radius 1 is 0.943 bits per heavy atom. The molecule has 5 aromatic rings. The average molecular weight is 773 g/mol. The minimum atomic E-state index is -0.0124. The molecule has 1 heterocycles. The van der Waals surface area contributed by atoms with Gasteiger partial charge in [-0.2, -0.15) is 9.36 Å². The van der Waals surface area contributed by atoms with Crippen molar-refractivity contribution in [2.45, 2.75) is 46.6 Å². The van der Waals surface area contributed by atoms with Crippen LogP contribution in [0.2, 0.25) is 10.0 Å². The van der Waals surface area contributed by atoms with Gasteiger partial charge in [-0.05, 0) is 104 Å². The van der Waals surface area contributed by atoms with Crippen molar-refractivity contribution in [2.24, 2.45) is 4.99 Å². The first-order valence-electron chi connectivity index (χ1n) is 16.9. The molecule has 0 atom stereocenters. The maximum absolute atomic E-state index is 12.0. The van der Waals surface area contributed by atoms with E-state index >= 15 is 0 Å². The largest absolute Gasteiger partial charge is 0.493 e. The minimum absolute atomic E-state index is 0.0124. The predicted molar refractivity (Wildman–Crippen MR) is 216 cm³/mol. The van der Waals surface area contributed by atoms with Crippen molar-refractivity contribution in [3.8, 4) is 34.8 Å². The lowest BCUT2D eigenvalue weighted by Gasteiger charge is -2.11. The summed E-state index contributed by atoms with van der Waals surface area (Å²) in [5.74, 6) is 5.11. The SMILES string of the molecule is C#CCOc1ccc(CCC(=O)NCc2ccc(Cl)cc2)cc1OC.CCN(C)/C=N\c1cc(C)c(Oc2nc(Cc3ccc(Cl)cc3)ns2)cc1C. The average Bonchev–Trinajstić information content (AvgIpc) is 3.61. The first-order chi connectivity index (χ1) is 25.6. The summed E-state index contributed by atoms with van der Waals surface area (Å²) in [7, 11) is 3.57. The monoisotopic (exact) mass is 771 g/mol. The van der Waals surface area contributed by atoms with Crippen molar-refractivity contribution in [3.05, 3.63) is 123 Å². The van der Waals surface area contributed by atoms with Crippen LogP contribution in [-0.2, 0) is 24.2 Å². The number of hydrogen-bond acceptors (Lipinski definition) is 8. The Morgan fingerprint density at radius 3 is 2.28 bits per heavy atom. The second kappa shape index (κ2) is 20.8. The van der Waals surface area contributed by atoms with Crippen LogP contribution in [0.25, 0.3) is 0 Å². The first-order valence-corrected chi connectivity index (χ1v) is 18.4. The standard InChI is InChI=1S/C21H23ClN4OS.C20H20ClNO3/c1-5-26(4)13-23-18-10-15(3)19(11-14(18)2)27-21-24-20(25-28-21)12-16-6-8-17(22)9-7-16;1-3-12-25-18-10-6-15(13-19(18)24-2)7-11-20(23)22-14-16-4-8-17(21)9-5-16/h6-11,13H,5,12H2,1-4H3;1,4-6,8-10,13H,7,11-12,14H2,2H3,(H,22,23)/b23-13-;. The van der Waals surface area contributed by atoms with Crippen molar-refractivity contribution >= 4 is 52.7 Å². The summed E-state index contributed by atoms with van der Waals surface area (Å²) < 4.78 is 21.1. The Kier molecular flexibility index (Phi) is 16.0. The zero-order chi connectivity index (χ0) is 38.2. The van der Waals surface area contributed by atoms with E-state index in [1.807, 2.05) is 92.8 Å². The number of carbonyl (C=O) groups is 1. The number of amides is 1. The highest BCUT2D eigenvalue weighted by Crippen LogP contribution is 2.32. The fourth-order valence-corrected chi connectivity index (χ4v) is 5.57. The molecule has 0 saturated carbocycles. The van der Waals surface area contributed by atoms with Crippen LogP contribution < -0.4 is 19.5 Å². The molecule has 0 aliphatic heterocycles. The topological polar surface area (TPSA) is 98.2 Å². The number of benzene rings is 4. The third-order valence-electron chi connectivity index (χ3n) is 7.89. The van der Waals surface area contributed by atoms with Gasteiger partial charge in [-0.3, -0.25) is 4.79 Å². The molecular weight excluding hydrogens is 729 g/mol. The van der Waals surface area contributed by atoms with Crippen molar-refractivity contribution < 1.29 is 19.0 Å². The number of aryl methyl sites for hydroxylation is 3. The molecule has 1 N–H and O–H groups in total. The maximum atomic E-state index is 12.0. The molecule has 276 valence electrons. The molecular formula is C41H43Cl2N5O4S. The van der Waals surface area contributed by atoms with E-state index in [0.29, 0.717) is 47.5 Å². The molecule has 0 bridgehead atoms. The summed E-state index contributed by atoms with van der Waals surface area (Å²) in [5, 5.41) is 4.83. The molecule has 1 aromatic heterocycles. The lowest BCUT2D eigenvalue weighted by Crippen LogP contribution is -2.22. The molecule has 0 aliphatic rings. The van der Waals surface area contributed by atoms with E-state index < -0.39 is 0 Å². The predicted octanol–water partition coefficient (Wildman–Crippen LogP) is 9.41. The molecule has 0 saturated heterocycles. The van der Waals surface area contributed by atoms with Gasteiger partial charge in [-0.25, -0.2) is 4.99 Å². The number of ether oxygens (including phenoxy) is 3. The number of terminal acetylenes is 1. The second-order valence-corrected chi connectivity index (χ2v) is 13.6. The molecule has 53 heavy (non-hydrogen) atoms. The Balaban J connectivity index is 0.000000238. The molecule has 0 unspecified atom stereocenters. The number of halogens is 2. The Hall–Kier alpha value is -5.08. The maximum Gasteiger partial charge on any atom is 0.298 e. The Labute approximate surface area is 326 Å². The summed E-state index contributed by atoms with van der Waals surface area (Å²) in [6.45, 7) is 7.70. The van der Waals surface area contributed by atoms with Gasteiger partial charge in [-0.1, -0.05) is 59.5 Å². The van der Waals surface area contributed by atoms with Gasteiger partial charge in [-0.15, -0.1) is 6.42 Å². The van der Waals surface area contributed by atoms with Crippen LogP contribution in [0.5, 0.6) is 22.4 Å². The molecule has 9 nitrogen and oxygen atoms in total. The third kappa shape index (κ3) is 13.4. The normalized spacial score (nSPS) is 10.6. The number of aliphatic imine (C=N–C) groups is 1. The number of nitrogens with zero attached hydrogens (tertiary/aromatic N) is 4. The van der Waals surface area contributed by atoms with E-state index in [0.717, 1.165) is 56.6 Å². The lowest BCUT2D eigenvalue weighted by atomic mass is 10.1. The van der Waals surface area contributed by atoms with E-state index in [1.165, 1.54) is 11.5 Å². The fourth-order valence-electron chi connectivity index (χ4n) is 4.75. The van der Waals surface area contributed by atoms with Gasteiger partial charge >= 0.3 is 0 Å². The van der Waals surface area contributed by atoms with Gasteiger partial charge in [0.15, 0.2) is 17.3 Å². The number of nitrogens with one attached hydrogen (secondary N) is 1. The fraction of sp³-hybridized carbons (Fsp3) is 0.268. The number of methoxy groups -OCH3 is 1. The first kappa shape index (κ1) is 40.7. The Bertz CT molecular complexity index is 2010. The van der Waals surface area contributed by atoms with Gasteiger partial charge < -0.3 is 24.4 Å². The number of rotatable bonds is 15. The van der Waals surface area contributed by atoms with Crippen LogP contribution in [0.15, 0.2) is 83.9 Å². The zero-order valence-corrected chi connectivity index (χ0v) is 32.8. The summed E-state index contributed by atoms with van der Waals surface area (Å²) in [6.07, 6.45) is 8.68. The third-order valence-corrected chi connectivity index (χ3v) is 9.03. The molecule has 5 rings (SSSR count). The summed E-state index contributed by atoms with van der Waals surface area (Å²) >= 11 is 13.0. The van der Waals surface area contributed by atoms with E-state index in [-0.39, 0.29) is 12.5 Å². The molecule has 1 amide bonds. The lowest BCUT2D eigenvalue weighted by molar-refractivity contribution is -0.121. The minimum Gasteiger partial charge on any atom is -0.493 e. The number of aromatic nitrogens is 2. The molecule has 0 spiro atoms. The molecule has 0 aliphatic carbocycles. The van der Waals surface area contributed by atoms with Gasteiger partial charge in [0.05, 0.1) is 19.1 Å². The van der Waals surface area contributed by atoms with Crippen LogP contribution in [0.4, 0.5) is 5.69 Å². The molecule has 0 radical (unpaired) electrons. The van der Waals surface area contributed by atoms with Crippen molar-refractivity contribution in [3.63, 3.8) is 0 Å². The molecule has 0 fully saturated rings. The van der Waals surface area contributed by atoms with Gasteiger partial charge in [0.1, 0.15) is 12.4 Å². The van der Waals surface area contributed by atoms with Crippen molar-refractivity contribution in [1.82, 2.24) is 19.6 Å². The van der Waals surface area contributed by atoms with Crippen LogP contribution in [0.3, 0.4) is 0 Å². The van der Waals surface area contributed by atoms with Crippen molar-refractivity contribution in [1.29, 1.82) is 0 Å². The van der Waals surface area contributed by atoms with Gasteiger partial charge in [0.2, 0.25) is 5.91 Å². The highest BCUT2D eigenvalue weighted by Gasteiger charge is 2.12. The smallest absolute Gasteiger partial charge is 0.298 e. The van der Waals surface area contributed by atoms with E-state index in [4.69, 9.17) is 43.8 Å². The highest BCUT2D eigenvalue weighted by atomic mass is 35.5. The second-order valence-electron chi connectivity index (χ2n) is 12.0. The number of hydrogen-bond donors (Lipinski definition) is 1. The highest BCUT2D eigenvalue weighted by molar-refractivity contribution is 7.07. The van der Waals surface area contributed by atoms with Crippen LogP contribution in [0, 0.1) is 26.2 Å². The molecule has 4 aromatic carbocycles. The van der Waals surface area contributed by atoms with E-state index in [9.17, 15) is 4.79 Å². The van der Waals surface area contributed by atoms with E-state index in [2.05, 4.69) is 32.5 Å². The Morgan fingerprint density at radius 2 is 1.62 bits per heavy atom. The van der Waals surface area contributed by atoms with Gasteiger partial charge in [0.25, 0.3) is 5.19 Å². The van der Waals surface area contributed by atoms with Crippen molar-refractivity contribution in [2.75, 3.05) is 27.3 Å². The van der Waals surface area contributed by atoms with Crippen LogP contribution in [0.1, 0.15) is 47.0 Å². The molecule has 12 heteroatoms. The van der Waals surface area contributed by atoms with Crippen LogP contribution in [-0.4, -0.2) is 53.8 Å². The summed E-state index contributed by atoms with van der Waals surface area (Å²) in [4.78, 5) is 23.1. The quantitative estimate of drug-likeness (QED) is 0.0644. The van der Waals surface area contributed by atoms with Gasteiger partial charge in [0, 0.05) is 54.6 Å². The zero-order valence-electron chi connectivity index (χ0n) is 30.5. The number of carbonyl (C=O) groups excluding carboxylic acids is 1. The summed E-state index contributed by atoms with van der Waals surface area (Å²) in [6, 6.07) is 24.7. The van der Waals surface area contributed by atoms with Crippen LogP contribution >= 0.6 is 34.7 Å².